The quantitative estimate of drug-likeness (QED) is 0.435. The molecule has 0 amide bonds. The normalized spacial score (nSPS) is 9.70. The van der Waals surface area contributed by atoms with Gasteiger partial charge in [0.1, 0.15) is 18.1 Å². The summed E-state index contributed by atoms with van der Waals surface area (Å²) >= 11 is 0. The molecule has 0 spiro atoms. The first-order valence-corrected chi connectivity index (χ1v) is 6.29. The molecule has 1 aromatic carbocycles. The van der Waals surface area contributed by atoms with Gasteiger partial charge in [-0.25, -0.2) is 4.79 Å². The van der Waals surface area contributed by atoms with Crippen molar-refractivity contribution in [3.8, 4) is 11.5 Å². The highest BCUT2D eigenvalue weighted by Crippen LogP contribution is 2.17. The summed E-state index contributed by atoms with van der Waals surface area (Å²) in [5.41, 5.74) is 0.296. The van der Waals surface area contributed by atoms with Gasteiger partial charge in [0.15, 0.2) is 0 Å². The molecule has 0 aliphatic heterocycles. The second-order valence-electron chi connectivity index (χ2n) is 4.04. The third-order valence-corrected chi connectivity index (χ3v) is 2.25. The molecule has 5 heteroatoms. The van der Waals surface area contributed by atoms with E-state index in [1.807, 2.05) is 6.92 Å². The molecule has 0 aliphatic carbocycles. The van der Waals surface area contributed by atoms with Crippen molar-refractivity contribution in [2.24, 2.45) is 0 Å². The van der Waals surface area contributed by atoms with Crippen LogP contribution < -0.4 is 9.47 Å². The number of benzene rings is 1. The standard InChI is InChI=1S/C15H18O5/c1-4-18-12-5-7-13(8-6-12)20-14(16)9-10-19-15(17)11(2)3/h5-8H,2,4,9-10H2,1,3H3. The van der Waals surface area contributed by atoms with Crippen LogP contribution in [-0.4, -0.2) is 25.2 Å². The Kier molecular flexibility index (Phi) is 6.29. The summed E-state index contributed by atoms with van der Waals surface area (Å²) in [4.78, 5) is 22.6. The Bertz CT molecular complexity index is 476. The number of carbonyl (C=O) groups is 2. The Hall–Kier alpha value is -2.30. The molecule has 0 N–H and O–H groups in total. The van der Waals surface area contributed by atoms with Gasteiger partial charge in [0.2, 0.25) is 0 Å². The molecule has 5 nitrogen and oxygen atoms in total. The molecule has 0 unspecified atom stereocenters. The van der Waals surface area contributed by atoms with E-state index in [4.69, 9.17) is 14.2 Å². The Labute approximate surface area is 118 Å². The van der Waals surface area contributed by atoms with Crippen LogP contribution in [0, 0.1) is 0 Å². The van der Waals surface area contributed by atoms with Gasteiger partial charge in [0, 0.05) is 5.57 Å². The maximum Gasteiger partial charge on any atom is 0.333 e. The molecule has 0 heterocycles. The summed E-state index contributed by atoms with van der Waals surface area (Å²) in [6.45, 7) is 7.42. The average Bonchev–Trinajstić information content (AvgIpc) is 2.41. The Morgan fingerprint density at radius 1 is 1.15 bits per heavy atom. The van der Waals surface area contributed by atoms with Gasteiger partial charge in [-0.1, -0.05) is 6.58 Å². The second kappa shape index (κ2) is 7.99. The van der Waals surface area contributed by atoms with Crippen LogP contribution in [0.15, 0.2) is 36.4 Å². The molecule has 0 aromatic heterocycles. The smallest absolute Gasteiger partial charge is 0.333 e. The number of esters is 2. The lowest BCUT2D eigenvalue weighted by atomic mass is 10.3. The number of hydrogen-bond donors (Lipinski definition) is 0. The van der Waals surface area contributed by atoms with Crippen LogP contribution in [0.25, 0.3) is 0 Å². The van der Waals surface area contributed by atoms with Crippen LogP contribution in [0.3, 0.4) is 0 Å². The zero-order valence-electron chi connectivity index (χ0n) is 11.7. The molecule has 0 atom stereocenters. The first kappa shape index (κ1) is 15.8. The predicted octanol–water partition coefficient (Wildman–Crippen LogP) is 2.50. The first-order valence-electron chi connectivity index (χ1n) is 6.29. The van der Waals surface area contributed by atoms with Gasteiger partial charge in [-0.2, -0.15) is 0 Å². The fourth-order valence-electron chi connectivity index (χ4n) is 1.30. The molecular formula is C15H18O5. The van der Waals surface area contributed by atoms with Crippen molar-refractivity contribution in [3.63, 3.8) is 0 Å². The van der Waals surface area contributed by atoms with E-state index < -0.39 is 11.9 Å². The van der Waals surface area contributed by atoms with Crippen molar-refractivity contribution >= 4 is 11.9 Å². The maximum atomic E-state index is 11.5. The number of hydrogen-bond acceptors (Lipinski definition) is 5. The lowest BCUT2D eigenvalue weighted by Gasteiger charge is -2.07. The molecule has 0 saturated heterocycles. The minimum Gasteiger partial charge on any atom is -0.494 e. The molecule has 1 rings (SSSR count). The third kappa shape index (κ3) is 5.56. The second-order valence-corrected chi connectivity index (χ2v) is 4.04. The van der Waals surface area contributed by atoms with Crippen molar-refractivity contribution < 1.29 is 23.8 Å². The first-order chi connectivity index (χ1) is 9.52. The van der Waals surface area contributed by atoms with Crippen LogP contribution in [-0.2, 0) is 14.3 Å². The minimum atomic E-state index is -0.515. The highest BCUT2D eigenvalue weighted by Gasteiger charge is 2.08. The van der Waals surface area contributed by atoms with Crippen LogP contribution in [0.1, 0.15) is 20.3 Å². The maximum absolute atomic E-state index is 11.5. The molecule has 0 saturated carbocycles. The molecule has 0 radical (unpaired) electrons. The lowest BCUT2D eigenvalue weighted by Crippen LogP contribution is -2.14. The van der Waals surface area contributed by atoms with Crippen molar-refractivity contribution in [1.29, 1.82) is 0 Å². The highest BCUT2D eigenvalue weighted by atomic mass is 16.5. The molecule has 20 heavy (non-hydrogen) atoms. The van der Waals surface area contributed by atoms with E-state index in [0.717, 1.165) is 0 Å². The SMILES string of the molecule is C=C(C)C(=O)OCCC(=O)Oc1ccc(OCC)cc1. The summed E-state index contributed by atoms with van der Waals surface area (Å²) in [6.07, 6.45) is -0.00771. The van der Waals surface area contributed by atoms with Gasteiger partial charge >= 0.3 is 11.9 Å². The third-order valence-electron chi connectivity index (χ3n) is 2.25. The van der Waals surface area contributed by atoms with Crippen LogP contribution in [0.5, 0.6) is 11.5 Å². The summed E-state index contributed by atoms with van der Waals surface area (Å²) < 4.78 is 15.2. The number of ether oxygens (including phenoxy) is 3. The minimum absolute atomic E-state index is 0.00771. The Balaban J connectivity index is 2.35. The van der Waals surface area contributed by atoms with Gasteiger partial charge in [-0.05, 0) is 38.1 Å². The van der Waals surface area contributed by atoms with E-state index in [-0.39, 0.29) is 13.0 Å². The van der Waals surface area contributed by atoms with Gasteiger partial charge < -0.3 is 14.2 Å². The molecule has 0 fully saturated rings. The monoisotopic (exact) mass is 278 g/mol. The van der Waals surface area contributed by atoms with E-state index in [1.54, 1.807) is 31.2 Å². The van der Waals surface area contributed by atoms with E-state index in [9.17, 15) is 9.59 Å². The van der Waals surface area contributed by atoms with Crippen molar-refractivity contribution in [1.82, 2.24) is 0 Å². The summed E-state index contributed by atoms with van der Waals surface area (Å²) in [7, 11) is 0. The predicted molar refractivity (Wildman–Crippen MR) is 73.6 cm³/mol. The zero-order valence-corrected chi connectivity index (χ0v) is 11.7. The van der Waals surface area contributed by atoms with Crippen LogP contribution in [0.2, 0.25) is 0 Å². The molecular weight excluding hydrogens is 260 g/mol. The van der Waals surface area contributed by atoms with Crippen molar-refractivity contribution in [3.05, 3.63) is 36.4 Å². The van der Waals surface area contributed by atoms with Gasteiger partial charge in [0.25, 0.3) is 0 Å². The highest BCUT2D eigenvalue weighted by molar-refractivity contribution is 5.87. The Morgan fingerprint density at radius 3 is 2.30 bits per heavy atom. The van der Waals surface area contributed by atoms with E-state index in [0.29, 0.717) is 23.7 Å². The molecule has 1 aromatic rings. The summed E-state index contributed by atoms with van der Waals surface area (Å²) in [6, 6.07) is 6.71. The van der Waals surface area contributed by atoms with E-state index >= 15 is 0 Å². The number of carbonyl (C=O) groups excluding carboxylic acids is 2. The topological polar surface area (TPSA) is 61.8 Å². The van der Waals surface area contributed by atoms with Crippen LogP contribution >= 0.6 is 0 Å². The summed E-state index contributed by atoms with van der Waals surface area (Å²) in [5.74, 6) is 0.148. The zero-order chi connectivity index (χ0) is 15.0. The lowest BCUT2D eigenvalue weighted by molar-refractivity contribution is -0.142. The van der Waals surface area contributed by atoms with Crippen molar-refractivity contribution in [2.75, 3.05) is 13.2 Å². The van der Waals surface area contributed by atoms with Gasteiger partial charge in [0.05, 0.1) is 13.0 Å². The van der Waals surface area contributed by atoms with E-state index in [1.165, 1.54) is 0 Å². The van der Waals surface area contributed by atoms with Gasteiger partial charge in [-0.3, -0.25) is 4.79 Å². The fourth-order valence-corrected chi connectivity index (χ4v) is 1.30. The van der Waals surface area contributed by atoms with Crippen LogP contribution in [0.4, 0.5) is 0 Å². The molecule has 0 aliphatic rings. The Morgan fingerprint density at radius 2 is 1.75 bits per heavy atom. The number of rotatable bonds is 7. The largest absolute Gasteiger partial charge is 0.494 e. The van der Waals surface area contributed by atoms with Gasteiger partial charge in [-0.15, -0.1) is 0 Å². The van der Waals surface area contributed by atoms with E-state index in [2.05, 4.69) is 6.58 Å². The fraction of sp³-hybridized carbons (Fsp3) is 0.333. The van der Waals surface area contributed by atoms with Crippen molar-refractivity contribution in [2.45, 2.75) is 20.3 Å². The summed E-state index contributed by atoms with van der Waals surface area (Å²) in [5, 5.41) is 0. The molecule has 0 bridgehead atoms. The molecule has 108 valence electrons. The average molecular weight is 278 g/mol.